The highest BCUT2D eigenvalue weighted by atomic mass is 16.1. The standard InChI is InChI=1S/C13H18N2O/c1-3-8-15-13(16)7-9-14-12-6-4-5-11(2)10-12/h3-6,10,14H,1,7-9H2,2H3,(H,15,16). The quantitative estimate of drug-likeness (QED) is 0.718. The summed E-state index contributed by atoms with van der Waals surface area (Å²) in [4.78, 5) is 11.3. The van der Waals surface area contributed by atoms with Crippen LogP contribution in [-0.2, 0) is 4.79 Å². The summed E-state index contributed by atoms with van der Waals surface area (Å²) >= 11 is 0. The molecule has 1 amide bonds. The molecule has 0 spiro atoms. The summed E-state index contributed by atoms with van der Waals surface area (Å²) in [6.45, 7) is 6.76. The van der Waals surface area contributed by atoms with Gasteiger partial charge < -0.3 is 10.6 Å². The number of nitrogens with one attached hydrogen (secondary N) is 2. The molecule has 0 fully saturated rings. The first kappa shape index (κ1) is 12.3. The Kier molecular flexibility index (Phi) is 5.12. The third-order valence-corrected chi connectivity index (χ3v) is 2.14. The SMILES string of the molecule is C=CCNC(=O)CCNc1cccc(C)c1. The average molecular weight is 218 g/mol. The Hall–Kier alpha value is -1.77. The molecule has 3 heteroatoms. The molecule has 0 atom stereocenters. The second kappa shape index (κ2) is 6.67. The van der Waals surface area contributed by atoms with E-state index in [0.717, 1.165) is 5.69 Å². The van der Waals surface area contributed by atoms with E-state index in [1.54, 1.807) is 6.08 Å². The Morgan fingerprint density at radius 2 is 2.31 bits per heavy atom. The predicted octanol–water partition coefficient (Wildman–Crippen LogP) is 2.10. The van der Waals surface area contributed by atoms with Crippen LogP contribution in [0.3, 0.4) is 0 Å². The monoisotopic (exact) mass is 218 g/mol. The van der Waals surface area contributed by atoms with Crippen molar-refractivity contribution in [2.75, 3.05) is 18.4 Å². The van der Waals surface area contributed by atoms with Gasteiger partial charge in [-0.1, -0.05) is 18.2 Å². The number of benzene rings is 1. The van der Waals surface area contributed by atoms with Crippen LogP contribution in [0.2, 0.25) is 0 Å². The van der Waals surface area contributed by atoms with E-state index >= 15 is 0 Å². The molecule has 1 rings (SSSR count). The lowest BCUT2D eigenvalue weighted by atomic mass is 10.2. The maximum Gasteiger partial charge on any atom is 0.222 e. The van der Waals surface area contributed by atoms with Gasteiger partial charge in [0.1, 0.15) is 0 Å². The summed E-state index contributed by atoms with van der Waals surface area (Å²) in [5.74, 6) is 0.0417. The van der Waals surface area contributed by atoms with E-state index in [1.807, 2.05) is 25.1 Å². The van der Waals surface area contributed by atoms with Crippen LogP contribution in [0.15, 0.2) is 36.9 Å². The molecule has 0 saturated heterocycles. The van der Waals surface area contributed by atoms with Gasteiger partial charge >= 0.3 is 0 Å². The van der Waals surface area contributed by atoms with Crippen molar-refractivity contribution in [3.8, 4) is 0 Å². The number of carbonyl (C=O) groups is 1. The van der Waals surface area contributed by atoms with Gasteiger partial charge in [0.05, 0.1) is 0 Å². The number of hydrogen-bond donors (Lipinski definition) is 2. The third-order valence-electron chi connectivity index (χ3n) is 2.14. The Labute approximate surface area is 96.6 Å². The van der Waals surface area contributed by atoms with Gasteiger partial charge in [-0.05, 0) is 24.6 Å². The topological polar surface area (TPSA) is 41.1 Å². The molecule has 2 N–H and O–H groups in total. The van der Waals surface area contributed by atoms with Crippen LogP contribution >= 0.6 is 0 Å². The number of amides is 1. The lowest BCUT2D eigenvalue weighted by Gasteiger charge is -2.06. The van der Waals surface area contributed by atoms with Gasteiger partial charge in [0.25, 0.3) is 0 Å². The van der Waals surface area contributed by atoms with E-state index in [9.17, 15) is 4.79 Å². The molecule has 16 heavy (non-hydrogen) atoms. The van der Waals surface area contributed by atoms with Crippen LogP contribution in [0.1, 0.15) is 12.0 Å². The minimum Gasteiger partial charge on any atom is -0.385 e. The fourth-order valence-corrected chi connectivity index (χ4v) is 1.35. The Balaban J connectivity index is 2.25. The van der Waals surface area contributed by atoms with Gasteiger partial charge in [0.15, 0.2) is 0 Å². The van der Waals surface area contributed by atoms with E-state index in [0.29, 0.717) is 19.5 Å². The van der Waals surface area contributed by atoms with Gasteiger partial charge in [-0.15, -0.1) is 6.58 Å². The highest BCUT2D eigenvalue weighted by Gasteiger charge is 1.98. The van der Waals surface area contributed by atoms with Crippen molar-refractivity contribution in [1.29, 1.82) is 0 Å². The van der Waals surface area contributed by atoms with Crippen molar-refractivity contribution in [3.63, 3.8) is 0 Å². The molecule has 3 nitrogen and oxygen atoms in total. The molecule has 0 radical (unpaired) electrons. The normalized spacial score (nSPS) is 9.56. The molecule has 1 aromatic rings. The van der Waals surface area contributed by atoms with Crippen molar-refractivity contribution in [2.45, 2.75) is 13.3 Å². The van der Waals surface area contributed by atoms with E-state index in [2.05, 4.69) is 23.3 Å². The van der Waals surface area contributed by atoms with Gasteiger partial charge in [0, 0.05) is 25.2 Å². The van der Waals surface area contributed by atoms with E-state index in [-0.39, 0.29) is 5.91 Å². The molecular weight excluding hydrogens is 200 g/mol. The highest BCUT2D eigenvalue weighted by molar-refractivity contribution is 5.76. The minimum absolute atomic E-state index is 0.0417. The Bertz CT molecular complexity index is 361. The highest BCUT2D eigenvalue weighted by Crippen LogP contribution is 2.08. The first-order chi connectivity index (χ1) is 7.72. The zero-order valence-electron chi connectivity index (χ0n) is 9.62. The van der Waals surface area contributed by atoms with Crippen molar-refractivity contribution in [1.82, 2.24) is 5.32 Å². The molecule has 0 heterocycles. The van der Waals surface area contributed by atoms with Crippen molar-refractivity contribution in [2.24, 2.45) is 0 Å². The molecule has 0 aliphatic carbocycles. The van der Waals surface area contributed by atoms with Crippen LogP contribution in [0.5, 0.6) is 0 Å². The van der Waals surface area contributed by atoms with Gasteiger partial charge in [0.2, 0.25) is 5.91 Å². The molecule has 0 aromatic heterocycles. The van der Waals surface area contributed by atoms with Crippen molar-refractivity contribution >= 4 is 11.6 Å². The summed E-state index contributed by atoms with van der Waals surface area (Å²) in [6.07, 6.45) is 2.15. The number of carbonyl (C=O) groups excluding carboxylic acids is 1. The molecule has 0 bridgehead atoms. The van der Waals surface area contributed by atoms with Crippen molar-refractivity contribution in [3.05, 3.63) is 42.5 Å². The first-order valence-electron chi connectivity index (χ1n) is 5.40. The summed E-state index contributed by atoms with van der Waals surface area (Å²) in [7, 11) is 0. The summed E-state index contributed by atoms with van der Waals surface area (Å²) in [5, 5.41) is 5.94. The largest absolute Gasteiger partial charge is 0.385 e. The average Bonchev–Trinajstić information content (AvgIpc) is 2.26. The summed E-state index contributed by atoms with van der Waals surface area (Å²) in [6, 6.07) is 8.09. The van der Waals surface area contributed by atoms with Crippen LogP contribution in [0.25, 0.3) is 0 Å². The molecular formula is C13H18N2O. The zero-order chi connectivity index (χ0) is 11.8. The zero-order valence-corrected chi connectivity index (χ0v) is 9.62. The molecule has 0 aliphatic rings. The summed E-state index contributed by atoms with van der Waals surface area (Å²) in [5.41, 5.74) is 2.26. The van der Waals surface area contributed by atoms with E-state index in [1.165, 1.54) is 5.56 Å². The number of hydrogen-bond acceptors (Lipinski definition) is 2. The molecule has 0 aliphatic heterocycles. The van der Waals surface area contributed by atoms with E-state index < -0.39 is 0 Å². The molecule has 0 unspecified atom stereocenters. The number of aryl methyl sites for hydroxylation is 1. The maximum atomic E-state index is 11.3. The fraction of sp³-hybridized carbons (Fsp3) is 0.308. The van der Waals surface area contributed by atoms with Gasteiger partial charge in [-0.3, -0.25) is 4.79 Å². The van der Waals surface area contributed by atoms with Crippen LogP contribution < -0.4 is 10.6 Å². The fourth-order valence-electron chi connectivity index (χ4n) is 1.35. The Morgan fingerprint density at radius 1 is 1.50 bits per heavy atom. The van der Waals surface area contributed by atoms with E-state index in [4.69, 9.17) is 0 Å². The lowest BCUT2D eigenvalue weighted by Crippen LogP contribution is -2.25. The molecule has 86 valence electrons. The second-order valence-corrected chi connectivity index (χ2v) is 3.64. The van der Waals surface area contributed by atoms with Gasteiger partial charge in [-0.2, -0.15) is 0 Å². The van der Waals surface area contributed by atoms with Crippen molar-refractivity contribution < 1.29 is 4.79 Å². The second-order valence-electron chi connectivity index (χ2n) is 3.64. The van der Waals surface area contributed by atoms with Crippen LogP contribution in [0.4, 0.5) is 5.69 Å². The smallest absolute Gasteiger partial charge is 0.222 e. The number of anilines is 1. The minimum atomic E-state index is 0.0417. The van der Waals surface area contributed by atoms with Crippen LogP contribution in [0, 0.1) is 6.92 Å². The lowest BCUT2D eigenvalue weighted by molar-refractivity contribution is -0.120. The Morgan fingerprint density at radius 3 is 3.00 bits per heavy atom. The third kappa shape index (κ3) is 4.64. The van der Waals surface area contributed by atoms with Gasteiger partial charge in [-0.25, -0.2) is 0 Å². The first-order valence-corrected chi connectivity index (χ1v) is 5.40. The maximum absolute atomic E-state index is 11.3. The van der Waals surface area contributed by atoms with Crippen LogP contribution in [-0.4, -0.2) is 19.0 Å². The summed E-state index contributed by atoms with van der Waals surface area (Å²) < 4.78 is 0. The number of rotatable bonds is 6. The molecule has 1 aromatic carbocycles. The molecule has 0 saturated carbocycles. The predicted molar refractivity (Wildman–Crippen MR) is 67.5 cm³/mol.